The van der Waals surface area contributed by atoms with Gasteiger partial charge in [-0.2, -0.15) is 21.6 Å². The molecule has 0 aliphatic rings. The van der Waals surface area contributed by atoms with Crippen LogP contribution in [-0.2, 0) is 16.4 Å². The third kappa shape index (κ3) is 7.05. The largest absolute Gasteiger partial charge is 0.417 e. The van der Waals surface area contributed by atoms with Gasteiger partial charge in [-0.15, -0.1) is 0 Å². The Labute approximate surface area is 127 Å². The van der Waals surface area contributed by atoms with Crippen molar-refractivity contribution in [3.8, 4) is 0 Å². The van der Waals surface area contributed by atoms with Crippen LogP contribution in [0.3, 0.4) is 0 Å². The fourth-order valence-electron chi connectivity index (χ4n) is 1.46. The SMILES string of the molecule is CCCNS(=O)(=O)NCCCNc1ccc(C(F)(F)F)cn1. The van der Waals surface area contributed by atoms with Crippen LogP contribution in [0.4, 0.5) is 19.0 Å². The first-order valence-corrected chi connectivity index (χ1v) is 8.24. The predicted molar refractivity (Wildman–Crippen MR) is 77.6 cm³/mol. The number of hydrogen-bond donors (Lipinski definition) is 3. The average Bonchev–Trinajstić information content (AvgIpc) is 2.44. The van der Waals surface area contributed by atoms with Crippen LogP contribution < -0.4 is 14.8 Å². The number of aromatic nitrogens is 1. The van der Waals surface area contributed by atoms with E-state index in [1.54, 1.807) is 0 Å². The van der Waals surface area contributed by atoms with Gasteiger partial charge in [0.25, 0.3) is 10.2 Å². The molecule has 0 radical (unpaired) electrons. The fourth-order valence-corrected chi connectivity index (χ4v) is 2.45. The van der Waals surface area contributed by atoms with Gasteiger partial charge in [-0.3, -0.25) is 0 Å². The Hall–Kier alpha value is -1.39. The Morgan fingerprint density at radius 1 is 1.14 bits per heavy atom. The van der Waals surface area contributed by atoms with Gasteiger partial charge in [-0.05, 0) is 25.0 Å². The van der Waals surface area contributed by atoms with Crippen LogP contribution in [0.2, 0.25) is 0 Å². The molecule has 0 amide bonds. The molecule has 6 nitrogen and oxygen atoms in total. The number of pyridine rings is 1. The highest BCUT2D eigenvalue weighted by Gasteiger charge is 2.30. The number of hydrogen-bond acceptors (Lipinski definition) is 4. The molecule has 0 fully saturated rings. The zero-order valence-corrected chi connectivity index (χ0v) is 12.9. The van der Waals surface area contributed by atoms with Gasteiger partial charge in [0.15, 0.2) is 0 Å². The lowest BCUT2D eigenvalue weighted by molar-refractivity contribution is -0.137. The maximum Gasteiger partial charge on any atom is 0.417 e. The minimum Gasteiger partial charge on any atom is -0.370 e. The second-order valence-corrected chi connectivity index (χ2v) is 6.09. The molecule has 0 saturated heterocycles. The number of nitrogens with one attached hydrogen (secondary N) is 3. The standard InChI is InChI=1S/C12H19F3N4O2S/c1-2-6-18-22(20,21)19-8-3-7-16-11-5-4-10(9-17-11)12(13,14)15/h4-5,9,18-19H,2-3,6-8H2,1H3,(H,16,17). The normalized spacial score (nSPS) is 12.4. The minimum absolute atomic E-state index is 0.215. The Bertz CT molecular complexity index is 546. The Balaban J connectivity index is 2.28. The van der Waals surface area contributed by atoms with Crippen molar-refractivity contribution in [2.45, 2.75) is 25.9 Å². The van der Waals surface area contributed by atoms with Gasteiger partial charge >= 0.3 is 6.18 Å². The first-order valence-electron chi connectivity index (χ1n) is 6.76. The van der Waals surface area contributed by atoms with Crippen LogP contribution >= 0.6 is 0 Å². The minimum atomic E-state index is -4.41. The van der Waals surface area contributed by atoms with Crippen LogP contribution in [-0.4, -0.2) is 33.0 Å². The van der Waals surface area contributed by atoms with E-state index >= 15 is 0 Å². The van der Waals surface area contributed by atoms with Crippen molar-refractivity contribution in [1.29, 1.82) is 0 Å². The summed E-state index contributed by atoms with van der Waals surface area (Å²) in [7, 11) is -3.48. The molecule has 0 aliphatic carbocycles. The number of halogens is 3. The maximum absolute atomic E-state index is 12.3. The molecule has 3 N–H and O–H groups in total. The Kier molecular flexibility index (Phi) is 7.04. The molecular weight excluding hydrogens is 321 g/mol. The number of rotatable bonds is 9. The van der Waals surface area contributed by atoms with Gasteiger partial charge in [0.2, 0.25) is 0 Å². The highest BCUT2D eigenvalue weighted by Crippen LogP contribution is 2.28. The first kappa shape index (κ1) is 18.7. The second kappa shape index (κ2) is 8.30. The third-order valence-corrected chi connectivity index (χ3v) is 3.75. The summed E-state index contributed by atoms with van der Waals surface area (Å²) in [6, 6.07) is 2.17. The van der Waals surface area contributed by atoms with Gasteiger partial charge < -0.3 is 5.32 Å². The quantitative estimate of drug-likeness (QED) is 0.598. The van der Waals surface area contributed by atoms with E-state index < -0.39 is 21.9 Å². The number of alkyl halides is 3. The van der Waals surface area contributed by atoms with Gasteiger partial charge in [0.1, 0.15) is 5.82 Å². The molecule has 0 aromatic carbocycles. The summed E-state index contributed by atoms with van der Waals surface area (Å²) < 4.78 is 64.5. The van der Waals surface area contributed by atoms with Crippen LogP contribution in [0, 0.1) is 0 Å². The van der Waals surface area contributed by atoms with E-state index in [0.717, 1.165) is 12.3 Å². The average molecular weight is 340 g/mol. The maximum atomic E-state index is 12.3. The zero-order valence-electron chi connectivity index (χ0n) is 12.1. The van der Waals surface area contributed by atoms with Crippen molar-refractivity contribution in [2.24, 2.45) is 0 Å². The Morgan fingerprint density at radius 2 is 1.82 bits per heavy atom. The fraction of sp³-hybridized carbons (Fsp3) is 0.583. The van der Waals surface area contributed by atoms with Gasteiger partial charge in [0, 0.05) is 25.8 Å². The molecule has 0 unspecified atom stereocenters. The van der Waals surface area contributed by atoms with E-state index in [0.29, 0.717) is 31.7 Å². The highest BCUT2D eigenvalue weighted by molar-refractivity contribution is 7.87. The van der Waals surface area contributed by atoms with Crippen molar-refractivity contribution in [2.75, 3.05) is 25.0 Å². The molecule has 126 valence electrons. The van der Waals surface area contributed by atoms with Gasteiger partial charge in [-0.25, -0.2) is 14.4 Å². The summed E-state index contributed by atoms with van der Waals surface area (Å²) in [5, 5.41) is 2.82. The molecule has 0 spiro atoms. The van der Waals surface area contributed by atoms with E-state index in [-0.39, 0.29) is 6.54 Å². The van der Waals surface area contributed by atoms with E-state index in [4.69, 9.17) is 0 Å². The van der Waals surface area contributed by atoms with Gasteiger partial charge in [0.05, 0.1) is 5.56 Å². The molecule has 0 atom stereocenters. The summed E-state index contributed by atoms with van der Waals surface area (Å²) in [5.74, 6) is 0.306. The molecule has 1 aromatic rings. The first-order chi connectivity index (χ1) is 10.2. The van der Waals surface area contributed by atoms with Crippen molar-refractivity contribution >= 4 is 16.0 Å². The monoisotopic (exact) mass is 340 g/mol. The molecule has 1 heterocycles. The zero-order chi connectivity index (χ0) is 16.6. The van der Waals surface area contributed by atoms with Crippen molar-refractivity contribution < 1.29 is 21.6 Å². The summed E-state index contributed by atoms with van der Waals surface area (Å²) in [4.78, 5) is 3.65. The van der Waals surface area contributed by atoms with Crippen LogP contribution in [0.25, 0.3) is 0 Å². The highest BCUT2D eigenvalue weighted by atomic mass is 32.2. The van der Waals surface area contributed by atoms with Crippen LogP contribution in [0.15, 0.2) is 18.3 Å². The van der Waals surface area contributed by atoms with Crippen LogP contribution in [0.5, 0.6) is 0 Å². The van der Waals surface area contributed by atoms with Crippen LogP contribution in [0.1, 0.15) is 25.3 Å². The topological polar surface area (TPSA) is 83.1 Å². The van der Waals surface area contributed by atoms with E-state index in [1.165, 1.54) is 6.07 Å². The lowest BCUT2D eigenvalue weighted by atomic mass is 10.3. The summed E-state index contributed by atoms with van der Waals surface area (Å²) in [6.45, 7) is 2.81. The second-order valence-electron chi connectivity index (χ2n) is 4.50. The summed E-state index contributed by atoms with van der Waals surface area (Å²) >= 11 is 0. The Morgan fingerprint density at radius 3 is 2.36 bits per heavy atom. The van der Waals surface area contributed by atoms with Gasteiger partial charge in [-0.1, -0.05) is 6.92 Å². The van der Waals surface area contributed by atoms with E-state index in [1.807, 2.05) is 6.92 Å². The van der Waals surface area contributed by atoms with E-state index in [9.17, 15) is 21.6 Å². The molecule has 1 aromatic heterocycles. The lowest BCUT2D eigenvalue weighted by Crippen LogP contribution is -2.37. The molecule has 0 saturated carbocycles. The smallest absolute Gasteiger partial charge is 0.370 e. The number of anilines is 1. The number of nitrogens with zero attached hydrogens (tertiary/aromatic N) is 1. The summed E-state index contributed by atoms with van der Waals surface area (Å²) in [5.41, 5.74) is -0.812. The van der Waals surface area contributed by atoms with E-state index in [2.05, 4.69) is 19.7 Å². The molecular formula is C12H19F3N4O2S. The molecule has 22 heavy (non-hydrogen) atoms. The molecule has 0 aliphatic heterocycles. The lowest BCUT2D eigenvalue weighted by Gasteiger charge is -2.09. The van der Waals surface area contributed by atoms with Crippen molar-refractivity contribution in [1.82, 2.24) is 14.4 Å². The third-order valence-electron chi connectivity index (χ3n) is 2.58. The molecule has 1 rings (SSSR count). The molecule has 10 heteroatoms. The summed E-state index contributed by atoms with van der Waals surface area (Å²) in [6.07, 6.45) is -2.49. The molecule has 0 bridgehead atoms. The predicted octanol–water partition coefficient (Wildman–Crippen LogP) is 1.74. The van der Waals surface area contributed by atoms with Crippen molar-refractivity contribution in [3.05, 3.63) is 23.9 Å². The van der Waals surface area contributed by atoms with Crippen molar-refractivity contribution in [3.63, 3.8) is 0 Å².